The van der Waals surface area contributed by atoms with Crippen LogP contribution in [0.1, 0.15) is 16.7 Å². The van der Waals surface area contributed by atoms with Gasteiger partial charge in [-0.1, -0.05) is 30.3 Å². The lowest BCUT2D eigenvalue weighted by molar-refractivity contribution is -0.142. The molecule has 1 amide bonds. The second-order valence-electron chi connectivity index (χ2n) is 6.73. The molecule has 0 bridgehead atoms. The summed E-state index contributed by atoms with van der Waals surface area (Å²) in [6, 6.07) is 12.9. The molecule has 0 saturated carbocycles. The quantitative estimate of drug-likeness (QED) is 0.596. The van der Waals surface area contributed by atoms with Crippen molar-refractivity contribution in [1.29, 1.82) is 0 Å². The molecule has 3 rings (SSSR count). The molecule has 7 nitrogen and oxygen atoms in total. The van der Waals surface area contributed by atoms with Crippen molar-refractivity contribution in [3.8, 4) is 5.75 Å². The molecule has 150 valence electrons. The van der Waals surface area contributed by atoms with Gasteiger partial charge in [0.05, 0.1) is 0 Å². The Balaban J connectivity index is 1.65. The van der Waals surface area contributed by atoms with Gasteiger partial charge < -0.3 is 19.6 Å². The first kappa shape index (κ1) is 20.1. The summed E-state index contributed by atoms with van der Waals surface area (Å²) >= 11 is 0. The Labute approximate surface area is 166 Å². The first-order valence-electron chi connectivity index (χ1n) is 9.08. The third-order valence-corrected chi connectivity index (χ3v) is 4.71. The summed E-state index contributed by atoms with van der Waals surface area (Å²) < 4.78 is 10.7. The van der Waals surface area contributed by atoms with Crippen molar-refractivity contribution in [2.24, 2.45) is 0 Å². The predicted octanol–water partition coefficient (Wildman–Crippen LogP) is 2.60. The van der Waals surface area contributed by atoms with Gasteiger partial charge in [-0.3, -0.25) is 4.79 Å². The van der Waals surface area contributed by atoms with Gasteiger partial charge in [-0.25, -0.2) is 9.59 Å². The van der Waals surface area contributed by atoms with E-state index in [0.717, 1.165) is 16.5 Å². The van der Waals surface area contributed by atoms with Crippen LogP contribution < -0.4 is 15.7 Å². The third-order valence-electron chi connectivity index (χ3n) is 4.71. The van der Waals surface area contributed by atoms with Crippen LogP contribution in [0.4, 0.5) is 0 Å². The number of fused-ring (bicyclic) bond motifs is 1. The fraction of sp³-hybridized carbons (Fsp3) is 0.227. The van der Waals surface area contributed by atoms with Crippen molar-refractivity contribution in [1.82, 2.24) is 5.32 Å². The van der Waals surface area contributed by atoms with E-state index < -0.39 is 23.5 Å². The Morgan fingerprint density at radius 1 is 1.10 bits per heavy atom. The smallest absolute Gasteiger partial charge is 0.339 e. The molecule has 0 radical (unpaired) electrons. The number of nitrogens with one attached hydrogen (secondary N) is 1. The molecule has 0 aliphatic heterocycles. The van der Waals surface area contributed by atoms with Gasteiger partial charge >= 0.3 is 11.6 Å². The van der Waals surface area contributed by atoms with Crippen molar-refractivity contribution < 1.29 is 23.8 Å². The Hall–Kier alpha value is -3.61. The number of carbonyl (C=O) groups excluding carboxylic acids is 1. The molecule has 0 fully saturated rings. The zero-order chi connectivity index (χ0) is 21.0. The Kier molecular flexibility index (Phi) is 5.97. The second-order valence-corrected chi connectivity index (χ2v) is 6.73. The van der Waals surface area contributed by atoms with Gasteiger partial charge in [-0.15, -0.1) is 0 Å². The second kappa shape index (κ2) is 8.60. The van der Waals surface area contributed by atoms with E-state index in [2.05, 4.69) is 5.32 Å². The molecule has 0 aliphatic rings. The summed E-state index contributed by atoms with van der Waals surface area (Å²) in [6.07, 6.45) is 0.168. The van der Waals surface area contributed by atoms with Gasteiger partial charge in [0, 0.05) is 23.4 Å². The molecule has 2 aromatic carbocycles. The fourth-order valence-corrected chi connectivity index (χ4v) is 2.95. The predicted molar refractivity (Wildman–Crippen MR) is 107 cm³/mol. The van der Waals surface area contributed by atoms with Gasteiger partial charge in [0.25, 0.3) is 5.91 Å². The highest BCUT2D eigenvalue weighted by atomic mass is 16.5. The van der Waals surface area contributed by atoms with Gasteiger partial charge in [0.15, 0.2) is 6.61 Å². The number of benzene rings is 2. The highest BCUT2D eigenvalue weighted by Gasteiger charge is 2.20. The van der Waals surface area contributed by atoms with Crippen molar-refractivity contribution in [3.05, 3.63) is 75.6 Å². The number of aryl methyl sites for hydroxylation is 1. The summed E-state index contributed by atoms with van der Waals surface area (Å²) in [4.78, 5) is 35.5. The molecule has 7 heteroatoms. The number of hydrogen-bond acceptors (Lipinski definition) is 5. The maximum Gasteiger partial charge on any atom is 0.339 e. The molecular weight excluding hydrogens is 374 g/mol. The summed E-state index contributed by atoms with van der Waals surface area (Å²) in [6.45, 7) is 3.17. The van der Waals surface area contributed by atoms with Crippen molar-refractivity contribution in [2.75, 3.05) is 6.61 Å². The molecule has 3 aromatic rings. The summed E-state index contributed by atoms with van der Waals surface area (Å²) in [5.74, 6) is -1.34. The lowest BCUT2D eigenvalue weighted by atomic mass is 10.1. The molecular formula is C22H21NO6. The van der Waals surface area contributed by atoms with Gasteiger partial charge in [-0.2, -0.15) is 0 Å². The molecule has 0 aliphatic carbocycles. The minimum Gasteiger partial charge on any atom is -0.484 e. The highest BCUT2D eigenvalue weighted by Crippen LogP contribution is 2.23. The normalized spacial score (nSPS) is 11.8. The lowest BCUT2D eigenvalue weighted by Crippen LogP contribution is -2.44. The van der Waals surface area contributed by atoms with Crippen LogP contribution in [-0.2, 0) is 16.0 Å². The maximum atomic E-state index is 12.2. The van der Waals surface area contributed by atoms with E-state index in [0.29, 0.717) is 16.9 Å². The van der Waals surface area contributed by atoms with E-state index >= 15 is 0 Å². The van der Waals surface area contributed by atoms with Gasteiger partial charge in [0.1, 0.15) is 17.4 Å². The van der Waals surface area contributed by atoms with Crippen LogP contribution >= 0.6 is 0 Å². The average molecular weight is 395 g/mol. The Bertz CT molecular complexity index is 1100. The molecule has 1 aromatic heterocycles. The topological polar surface area (TPSA) is 106 Å². The zero-order valence-electron chi connectivity index (χ0n) is 16.1. The Morgan fingerprint density at radius 2 is 1.83 bits per heavy atom. The zero-order valence-corrected chi connectivity index (χ0v) is 16.1. The van der Waals surface area contributed by atoms with Crippen LogP contribution in [0.3, 0.4) is 0 Å². The number of amides is 1. The van der Waals surface area contributed by atoms with E-state index in [-0.39, 0.29) is 13.0 Å². The number of ether oxygens (including phenoxy) is 1. The molecule has 0 spiro atoms. The molecule has 29 heavy (non-hydrogen) atoms. The SMILES string of the molecule is Cc1c(C)c2ccc(OCC(=O)N[C@@H](Cc3ccccc3)C(=O)O)cc2oc1=O. The van der Waals surface area contributed by atoms with E-state index in [1.807, 2.05) is 13.0 Å². The van der Waals surface area contributed by atoms with Crippen molar-refractivity contribution in [2.45, 2.75) is 26.3 Å². The van der Waals surface area contributed by atoms with Crippen LogP contribution in [-0.4, -0.2) is 29.6 Å². The number of hydrogen-bond donors (Lipinski definition) is 2. The number of carbonyl (C=O) groups is 2. The minimum absolute atomic E-state index is 0.168. The highest BCUT2D eigenvalue weighted by molar-refractivity contribution is 5.85. The molecule has 2 N–H and O–H groups in total. The van der Waals surface area contributed by atoms with Crippen LogP contribution in [0.2, 0.25) is 0 Å². The standard InChI is InChI=1S/C22H21NO6/c1-13-14(2)22(27)29-19-11-16(8-9-17(13)19)28-12-20(24)23-18(21(25)26)10-15-6-4-3-5-7-15/h3-9,11,18H,10,12H2,1-2H3,(H,23,24)(H,25,26)/t18-/m0/s1. The molecule has 0 saturated heterocycles. The summed E-state index contributed by atoms with van der Waals surface area (Å²) in [5.41, 5.74) is 2.12. The van der Waals surface area contributed by atoms with Crippen LogP contribution in [0.25, 0.3) is 11.0 Å². The minimum atomic E-state index is -1.12. The van der Waals surface area contributed by atoms with E-state index in [1.165, 1.54) is 6.07 Å². The first-order valence-corrected chi connectivity index (χ1v) is 9.08. The van der Waals surface area contributed by atoms with E-state index in [1.54, 1.807) is 43.3 Å². The van der Waals surface area contributed by atoms with E-state index in [9.17, 15) is 19.5 Å². The number of carboxylic acids is 1. The monoisotopic (exact) mass is 395 g/mol. The lowest BCUT2D eigenvalue weighted by Gasteiger charge is -2.15. The van der Waals surface area contributed by atoms with Crippen molar-refractivity contribution in [3.63, 3.8) is 0 Å². The molecule has 1 heterocycles. The van der Waals surface area contributed by atoms with E-state index in [4.69, 9.17) is 9.15 Å². The van der Waals surface area contributed by atoms with Crippen LogP contribution in [0.5, 0.6) is 5.75 Å². The van der Waals surface area contributed by atoms with Crippen LogP contribution in [0, 0.1) is 13.8 Å². The first-order chi connectivity index (χ1) is 13.8. The fourth-order valence-electron chi connectivity index (χ4n) is 2.95. The summed E-state index contributed by atoms with van der Waals surface area (Å²) in [5, 5.41) is 12.6. The molecule has 1 atom stereocenters. The van der Waals surface area contributed by atoms with Gasteiger partial charge in [-0.05, 0) is 37.1 Å². The summed E-state index contributed by atoms with van der Waals surface area (Å²) in [7, 11) is 0. The largest absolute Gasteiger partial charge is 0.484 e. The average Bonchev–Trinajstić information content (AvgIpc) is 2.70. The number of rotatable bonds is 7. The maximum absolute atomic E-state index is 12.2. The van der Waals surface area contributed by atoms with Gasteiger partial charge in [0.2, 0.25) is 0 Å². The molecule has 0 unspecified atom stereocenters. The number of carboxylic acid groups (broad SMARTS) is 1. The van der Waals surface area contributed by atoms with Crippen LogP contribution in [0.15, 0.2) is 57.7 Å². The van der Waals surface area contributed by atoms with Crippen molar-refractivity contribution >= 4 is 22.8 Å². The Morgan fingerprint density at radius 3 is 2.52 bits per heavy atom. The number of aliphatic carboxylic acids is 1. The third kappa shape index (κ3) is 4.82.